The molecule has 0 aliphatic rings. The minimum Gasteiger partial charge on any atom is -0.652 e. The molecule has 0 unspecified atom stereocenters. The van der Waals surface area contributed by atoms with Crippen LogP contribution in [-0.2, 0) is 13.5 Å². The molecule has 0 rings (SSSR count). The predicted molar refractivity (Wildman–Crippen MR) is 23.9 cm³/mol. The third kappa shape index (κ3) is 10300. The van der Waals surface area contributed by atoms with Gasteiger partial charge in [-0.1, -0.05) is 0 Å². The summed E-state index contributed by atoms with van der Waals surface area (Å²) < 4.78 is 0. The summed E-state index contributed by atoms with van der Waals surface area (Å²) in [5.74, 6) is 0. The Labute approximate surface area is 83.1 Å². The van der Waals surface area contributed by atoms with Crippen molar-refractivity contribution in [2.24, 2.45) is 0 Å². The average molecular weight is 359 g/mol. The van der Waals surface area contributed by atoms with E-state index in [4.69, 9.17) is 30.0 Å². The van der Waals surface area contributed by atoms with E-state index in [1.54, 1.807) is 0 Å². The smallest absolute Gasteiger partial charge is 0.652 e. The van der Waals surface area contributed by atoms with Crippen molar-refractivity contribution in [3.05, 3.63) is 0 Å². The van der Waals surface area contributed by atoms with Gasteiger partial charge in [0.25, 0.3) is 0 Å². The van der Waals surface area contributed by atoms with E-state index in [-0.39, 0.29) is 40.8 Å². The quantitative estimate of drug-likeness (QED) is 0.398. The molecule has 0 saturated heterocycles. The summed E-state index contributed by atoms with van der Waals surface area (Å²) in [6.07, 6.45) is -4.67. The fourth-order valence-electron chi connectivity index (χ4n) is 0. The van der Waals surface area contributed by atoms with Crippen LogP contribution in [0, 0.1) is 0 Å². The van der Waals surface area contributed by atoms with Crippen LogP contribution in [0.25, 0.3) is 0 Å². The molecule has 6 nitrogen and oxygen atoms in total. The summed E-state index contributed by atoms with van der Waals surface area (Å²) in [6.45, 7) is 0. The fourth-order valence-corrected chi connectivity index (χ4v) is 0. The molecule has 0 aromatic rings. The van der Waals surface area contributed by atoms with Crippen molar-refractivity contribution in [2.45, 2.75) is 0 Å². The predicted octanol–water partition coefficient (Wildman–Crippen LogP) is -5.28. The summed E-state index contributed by atoms with van der Waals surface area (Å²) >= 11 is 0. The molecule has 0 N–H and O–H groups in total. The van der Waals surface area contributed by atoms with E-state index < -0.39 is 12.3 Å². The van der Waals surface area contributed by atoms with Crippen molar-refractivity contribution in [1.29, 1.82) is 0 Å². The van der Waals surface area contributed by atoms with E-state index in [1.807, 2.05) is 0 Å². The topological polar surface area (TPSA) is 126 Å². The van der Waals surface area contributed by atoms with E-state index in [2.05, 4.69) is 0 Å². The number of hydrogen-bond acceptors (Lipinski definition) is 6. The zero-order valence-corrected chi connectivity index (χ0v) is 9.06. The second kappa shape index (κ2) is 15.9. The van der Waals surface area contributed by atoms with Gasteiger partial charge in [-0.05, 0) is 12.3 Å². The molecule has 0 fully saturated rings. The van der Waals surface area contributed by atoms with Gasteiger partial charge in [0.1, 0.15) is 0 Å². The Morgan fingerprint density at radius 2 is 0.800 bits per heavy atom. The van der Waals surface area contributed by atoms with Crippen LogP contribution in [0.5, 0.6) is 0 Å². The summed E-state index contributed by atoms with van der Waals surface area (Å²) in [6, 6.07) is 0. The van der Waals surface area contributed by atoms with Gasteiger partial charge in [-0.25, -0.2) is 0 Å². The van der Waals surface area contributed by atoms with Gasteiger partial charge in [0, 0.05) is 0 Å². The van der Waals surface area contributed by atoms with E-state index in [0.29, 0.717) is 0 Å². The van der Waals surface area contributed by atoms with Gasteiger partial charge >= 0.3 is 40.8 Å². The van der Waals surface area contributed by atoms with Gasteiger partial charge in [-0.15, -0.1) is 0 Å². The summed E-state index contributed by atoms with van der Waals surface area (Å²) in [5.41, 5.74) is 0. The fraction of sp³-hybridized carbons (Fsp3) is 0. The number of carboxylic acid groups (broad SMARTS) is 4. The van der Waals surface area contributed by atoms with Crippen molar-refractivity contribution >= 4 is 53.1 Å². The maximum atomic E-state index is 8.33. The monoisotopic (exact) mass is 360 g/mol. The minimum atomic E-state index is -2.33. The Bertz CT molecular complexity index is 73.7. The van der Waals surface area contributed by atoms with E-state index in [9.17, 15) is 0 Å². The van der Waals surface area contributed by atoms with Gasteiger partial charge in [0.15, 0.2) is 0 Å². The molecule has 0 aromatic heterocycles. The van der Waals surface area contributed by atoms with Crippen LogP contribution in [0.15, 0.2) is 0 Å². The third-order valence-corrected chi connectivity index (χ3v) is 0. The first-order valence-electron chi connectivity index (χ1n) is 1.22. The van der Waals surface area contributed by atoms with Gasteiger partial charge in [-0.3, -0.25) is 0 Å². The van der Waals surface area contributed by atoms with Crippen LogP contribution in [0.4, 0.5) is 9.59 Å². The minimum absolute atomic E-state index is 0. The summed E-state index contributed by atoms with van der Waals surface area (Å²) in [4.78, 5) is 16.7. The normalized spacial score (nSPS) is 4.80. The van der Waals surface area contributed by atoms with Gasteiger partial charge < -0.3 is 30.0 Å². The number of hydrogen-bond donors (Lipinski definition) is 0. The molecule has 0 atom stereocenters. The Hall–Kier alpha value is -0.188. The summed E-state index contributed by atoms with van der Waals surface area (Å²) in [5, 5.41) is 33.3. The molecule has 0 saturated carbocycles. The van der Waals surface area contributed by atoms with Crippen LogP contribution >= 0.6 is 0 Å². The van der Waals surface area contributed by atoms with Crippen molar-refractivity contribution in [3.8, 4) is 0 Å². The molecule has 54 valence electrons. The first-order chi connectivity index (χ1) is 3.46. The largest absolute Gasteiger partial charge is 2.00 e. The van der Waals surface area contributed by atoms with E-state index in [1.165, 1.54) is 0 Å². The number of rotatable bonds is 0. The Morgan fingerprint density at radius 3 is 0.800 bits per heavy atom. The van der Waals surface area contributed by atoms with Crippen molar-refractivity contribution in [2.75, 3.05) is 0 Å². The molecule has 0 amide bonds. The van der Waals surface area contributed by atoms with E-state index in [0.717, 1.165) is 0 Å². The van der Waals surface area contributed by atoms with Crippen LogP contribution in [0.1, 0.15) is 0 Å². The molecular weight excluding hydrogens is 359 g/mol. The third-order valence-electron chi connectivity index (χ3n) is 0. The van der Waals surface area contributed by atoms with Crippen LogP contribution in [0.2, 0.25) is 0 Å². The number of carbonyl (C=O) groups is 2. The Morgan fingerprint density at radius 1 is 0.800 bits per heavy atom. The van der Waals surface area contributed by atoms with Gasteiger partial charge in [-0.2, -0.15) is 0 Å². The SMILES string of the molecule is O=C([O-])[O-].O=C([O-])[O-].[Pb+2].[S+2]. The molecule has 0 heterocycles. The van der Waals surface area contributed by atoms with Crippen LogP contribution in [0.3, 0.4) is 0 Å². The van der Waals surface area contributed by atoms with E-state index >= 15 is 0 Å². The summed E-state index contributed by atoms with van der Waals surface area (Å²) in [7, 11) is 0. The van der Waals surface area contributed by atoms with Gasteiger partial charge in [0.05, 0.1) is 0 Å². The van der Waals surface area contributed by atoms with Crippen molar-refractivity contribution < 1.29 is 30.0 Å². The van der Waals surface area contributed by atoms with Crippen LogP contribution in [-0.4, -0.2) is 39.6 Å². The Kier molecular flexibility index (Phi) is 35.9. The second-order valence-electron chi connectivity index (χ2n) is 0.500. The maximum Gasteiger partial charge on any atom is 2.00 e. The number of carbonyl (C=O) groups excluding carboxylic acids is 2. The molecule has 0 aliphatic carbocycles. The molecule has 0 spiro atoms. The molecule has 0 aromatic carbocycles. The molecule has 10 heavy (non-hydrogen) atoms. The first kappa shape index (κ1) is 22.6. The Balaban J connectivity index is -0.0000000300. The first-order valence-corrected chi connectivity index (χ1v) is 1.22. The molecule has 8 heteroatoms. The second-order valence-corrected chi connectivity index (χ2v) is 0.500. The zero-order chi connectivity index (χ0) is 7.15. The molecular formula is C2O6PbS. The molecule has 6 radical (unpaired) electrons. The molecule has 0 bridgehead atoms. The average Bonchev–Trinajstić information content (AvgIpc) is 1.25. The standard InChI is InChI=1S/2CH2O3.Pb.S/c2*2-1(3)4;;/h2*(H2,2,3,4);;/q;;2*+2/p-4. The van der Waals surface area contributed by atoms with Gasteiger partial charge in [0.2, 0.25) is 0 Å². The van der Waals surface area contributed by atoms with Crippen molar-refractivity contribution in [3.63, 3.8) is 0 Å². The molecule has 0 aliphatic heterocycles. The van der Waals surface area contributed by atoms with Crippen molar-refractivity contribution in [1.82, 2.24) is 0 Å². The zero-order valence-electron chi connectivity index (χ0n) is 4.36. The van der Waals surface area contributed by atoms with Crippen LogP contribution < -0.4 is 20.4 Å². The maximum absolute atomic E-state index is 8.33.